The van der Waals surface area contributed by atoms with Crippen molar-refractivity contribution >= 4 is 5.91 Å². The predicted molar refractivity (Wildman–Crippen MR) is 117 cm³/mol. The summed E-state index contributed by atoms with van der Waals surface area (Å²) >= 11 is 0. The number of nitrogens with zero attached hydrogens (tertiary/aromatic N) is 3. The highest BCUT2D eigenvalue weighted by atomic mass is 16.5. The summed E-state index contributed by atoms with van der Waals surface area (Å²) in [4.78, 5) is 12.9. The Morgan fingerprint density at radius 2 is 1.77 bits per heavy atom. The fourth-order valence-corrected chi connectivity index (χ4v) is 3.54. The fourth-order valence-electron chi connectivity index (χ4n) is 3.54. The molecule has 0 aliphatic rings. The molecule has 1 amide bonds. The number of hydrogen-bond acceptors (Lipinski definition) is 5. The number of ether oxygens (including phenoxy) is 1. The van der Waals surface area contributed by atoms with Gasteiger partial charge in [-0.25, -0.2) is 4.68 Å². The number of hydrogen-bond donors (Lipinski definition) is 1. The molecule has 0 bridgehead atoms. The Balaban J connectivity index is 1.48. The minimum absolute atomic E-state index is 0.189. The van der Waals surface area contributed by atoms with E-state index in [1.165, 1.54) is 0 Å². The zero-order valence-electron chi connectivity index (χ0n) is 18.0. The molecule has 2 aromatic heterocycles. The third-order valence-corrected chi connectivity index (χ3v) is 5.11. The molecule has 2 aromatic carbocycles. The molecule has 4 aromatic rings. The van der Waals surface area contributed by atoms with Crippen molar-refractivity contribution in [3.63, 3.8) is 0 Å². The lowest BCUT2D eigenvalue weighted by Crippen LogP contribution is -2.25. The summed E-state index contributed by atoms with van der Waals surface area (Å²) in [7, 11) is 1.62. The van der Waals surface area contributed by atoms with Gasteiger partial charge in [0.05, 0.1) is 24.2 Å². The van der Waals surface area contributed by atoms with Gasteiger partial charge < -0.3 is 14.6 Å². The molecule has 7 heteroatoms. The van der Waals surface area contributed by atoms with E-state index >= 15 is 0 Å². The predicted octanol–water partition coefficient (Wildman–Crippen LogP) is 4.39. The van der Waals surface area contributed by atoms with Crippen LogP contribution >= 0.6 is 0 Å². The van der Waals surface area contributed by atoms with Gasteiger partial charge in [0.1, 0.15) is 17.2 Å². The first kappa shape index (κ1) is 20.4. The zero-order valence-corrected chi connectivity index (χ0v) is 18.0. The smallest absolute Gasteiger partial charge is 0.270 e. The quantitative estimate of drug-likeness (QED) is 0.504. The minimum atomic E-state index is -0.189. The summed E-state index contributed by atoms with van der Waals surface area (Å²) in [6.45, 7) is 6.10. The van der Waals surface area contributed by atoms with Gasteiger partial charge in [-0.15, -0.1) is 0 Å². The number of benzene rings is 2. The third-order valence-electron chi connectivity index (χ3n) is 5.11. The first-order valence-electron chi connectivity index (χ1n) is 9.97. The van der Waals surface area contributed by atoms with Gasteiger partial charge in [0.2, 0.25) is 0 Å². The van der Waals surface area contributed by atoms with Crippen LogP contribution in [-0.4, -0.2) is 28.0 Å². The van der Waals surface area contributed by atoms with Gasteiger partial charge in [-0.3, -0.25) is 4.79 Å². The van der Waals surface area contributed by atoms with Crippen LogP contribution in [0.4, 0.5) is 0 Å². The molecule has 0 unspecified atom stereocenters. The second-order valence-corrected chi connectivity index (χ2v) is 7.36. The van der Waals surface area contributed by atoms with Crippen molar-refractivity contribution in [3.8, 4) is 22.6 Å². The molecular formula is C24H24N4O3. The van der Waals surface area contributed by atoms with Crippen LogP contribution in [0.25, 0.3) is 16.8 Å². The topological polar surface area (TPSA) is 82.2 Å². The fraction of sp³-hybridized carbons (Fsp3) is 0.208. The summed E-state index contributed by atoms with van der Waals surface area (Å²) in [6, 6.07) is 17.2. The number of nitrogens with one attached hydrogen (secondary N) is 1. The number of aryl methyl sites for hydroxylation is 3. The minimum Gasteiger partial charge on any atom is -0.497 e. The maximum atomic E-state index is 12.9. The highest BCUT2D eigenvalue weighted by molar-refractivity contribution is 5.93. The van der Waals surface area contributed by atoms with Crippen molar-refractivity contribution in [2.24, 2.45) is 0 Å². The normalized spacial score (nSPS) is 10.8. The molecule has 0 fully saturated rings. The lowest BCUT2D eigenvalue weighted by atomic mass is 10.0. The largest absolute Gasteiger partial charge is 0.497 e. The van der Waals surface area contributed by atoms with Crippen LogP contribution in [0.1, 0.15) is 33.2 Å². The average Bonchev–Trinajstić information content (AvgIpc) is 3.34. The Bertz CT molecular complexity index is 1190. The number of amides is 1. The molecule has 4 rings (SSSR count). The molecule has 0 saturated heterocycles. The van der Waals surface area contributed by atoms with Crippen LogP contribution < -0.4 is 10.1 Å². The third kappa shape index (κ3) is 4.21. The van der Waals surface area contributed by atoms with E-state index < -0.39 is 0 Å². The number of rotatable bonds is 6. The molecule has 0 aliphatic carbocycles. The Morgan fingerprint density at radius 3 is 2.39 bits per heavy atom. The Labute approximate surface area is 180 Å². The molecule has 2 heterocycles. The number of carbonyl (C=O) groups excluding carboxylic acids is 1. The van der Waals surface area contributed by atoms with E-state index in [0.29, 0.717) is 12.2 Å². The SMILES string of the molecule is COc1ccc(-n2nc(C)cc2C(=O)NCc2ccc(-c3c(C)noc3C)cc2)cc1. The summed E-state index contributed by atoms with van der Waals surface area (Å²) in [5.41, 5.74) is 5.95. The molecule has 0 radical (unpaired) electrons. The zero-order chi connectivity index (χ0) is 22.0. The Hall–Kier alpha value is -3.87. The van der Waals surface area contributed by atoms with E-state index in [1.54, 1.807) is 17.9 Å². The van der Waals surface area contributed by atoms with Crippen LogP contribution in [0, 0.1) is 20.8 Å². The summed E-state index contributed by atoms with van der Waals surface area (Å²) in [5, 5.41) is 11.5. The van der Waals surface area contributed by atoms with Crippen LogP contribution in [-0.2, 0) is 6.54 Å². The highest BCUT2D eigenvalue weighted by Crippen LogP contribution is 2.27. The van der Waals surface area contributed by atoms with E-state index in [1.807, 2.05) is 69.3 Å². The van der Waals surface area contributed by atoms with Crippen LogP contribution in [0.15, 0.2) is 59.1 Å². The van der Waals surface area contributed by atoms with Crippen LogP contribution in [0.2, 0.25) is 0 Å². The van der Waals surface area contributed by atoms with Crippen LogP contribution in [0.5, 0.6) is 5.75 Å². The van der Waals surface area contributed by atoms with Gasteiger partial charge in [-0.2, -0.15) is 5.10 Å². The second-order valence-electron chi connectivity index (χ2n) is 7.36. The van der Waals surface area contributed by atoms with E-state index in [0.717, 1.165) is 45.3 Å². The van der Waals surface area contributed by atoms with Crippen molar-refractivity contribution in [1.29, 1.82) is 0 Å². The maximum absolute atomic E-state index is 12.9. The first-order chi connectivity index (χ1) is 15.0. The van der Waals surface area contributed by atoms with E-state index in [4.69, 9.17) is 9.26 Å². The molecule has 0 aliphatic heterocycles. The monoisotopic (exact) mass is 416 g/mol. The van der Waals surface area contributed by atoms with Gasteiger partial charge >= 0.3 is 0 Å². The van der Waals surface area contributed by atoms with E-state index in [-0.39, 0.29) is 5.91 Å². The van der Waals surface area contributed by atoms with Gasteiger partial charge in [0.15, 0.2) is 0 Å². The van der Waals surface area contributed by atoms with Gasteiger partial charge in [0, 0.05) is 12.1 Å². The second kappa shape index (κ2) is 8.47. The molecule has 158 valence electrons. The van der Waals surface area contributed by atoms with Gasteiger partial charge in [-0.1, -0.05) is 29.4 Å². The Morgan fingerprint density at radius 1 is 1.06 bits per heavy atom. The van der Waals surface area contributed by atoms with E-state index in [9.17, 15) is 4.79 Å². The van der Waals surface area contributed by atoms with Crippen molar-refractivity contribution in [2.75, 3.05) is 7.11 Å². The van der Waals surface area contributed by atoms with Gasteiger partial charge in [0.25, 0.3) is 5.91 Å². The molecule has 7 nitrogen and oxygen atoms in total. The van der Waals surface area contributed by atoms with Gasteiger partial charge in [-0.05, 0) is 62.2 Å². The summed E-state index contributed by atoms with van der Waals surface area (Å²) in [6.07, 6.45) is 0. The number of methoxy groups -OCH3 is 1. The van der Waals surface area contributed by atoms with Crippen LogP contribution in [0.3, 0.4) is 0 Å². The summed E-state index contributed by atoms with van der Waals surface area (Å²) < 4.78 is 12.1. The molecule has 0 saturated carbocycles. The average molecular weight is 416 g/mol. The van der Waals surface area contributed by atoms with Crippen molar-refractivity contribution < 1.29 is 14.1 Å². The van der Waals surface area contributed by atoms with E-state index in [2.05, 4.69) is 15.6 Å². The van der Waals surface area contributed by atoms with Crippen molar-refractivity contribution in [3.05, 3.63) is 83.0 Å². The Kier molecular flexibility index (Phi) is 5.58. The lowest BCUT2D eigenvalue weighted by molar-refractivity contribution is 0.0943. The van der Waals surface area contributed by atoms with Crippen molar-refractivity contribution in [2.45, 2.75) is 27.3 Å². The van der Waals surface area contributed by atoms with Crippen molar-refractivity contribution in [1.82, 2.24) is 20.3 Å². The number of aromatic nitrogens is 3. The maximum Gasteiger partial charge on any atom is 0.270 e. The molecular weight excluding hydrogens is 392 g/mol. The lowest BCUT2D eigenvalue weighted by Gasteiger charge is -2.10. The molecule has 0 atom stereocenters. The molecule has 0 spiro atoms. The highest BCUT2D eigenvalue weighted by Gasteiger charge is 2.16. The first-order valence-corrected chi connectivity index (χ1v) is 9.97. The molecule has 1 N–H and O–H groups in total. The standard InChI is InChI=1S/C24H24N4O3/c1-15-13-22(28(26-15)20-9-11-21(30-4)12-10-20)24(29)25-14-18-5-7-19(8-6-18)23-16(2)27-31-17(23)3/h5-13H,14H2,1-4H3,(H,25,29). The number of carbonyl (C=O) groups is 1. The summed E-state index contributed by atoms with van der Waals surface area (Å²) in [5.74, 6) is 1.35. The molecule has 31 heavy (non-hydrogen) atoms.